The number of para-hydroxylation sites is 1. The fraction of sp³-hybridized carbons (Fsp3) is 0.526. The molecule has 1 aromatic heterocycles. The van der Waals surface area contributed by atoms with Crippen molar-refractivity contribution in [1.29, 1.82) is 0 Å². The van der Waals surface area contributed by atoms with Crippen LogP contribution in [0.15, 0.2) is 24.4 Å². The number of rotatable bonds is 4. The van der Waals surface area contributed by atoms with Gasteiger partial charge in [0, 0.05) is 17.0 Å². The van der Waals surface area contributed by atoms with Gasteiger partial charge in [0.15, 0.2) is 0 Å². The predicted molar refractivity (Wildman–Crippen MR) is 108 cm³/mol. The van der Waals surface area contributed by atoms with Crippen LogP contribution in [0.2, 0.25) is 5.02 Å². The molecule has 0 aliphatic rings. The zero-order chi connectivity index (χ0) is 20.8. The smallest absolute Gasteiger partial charge is 0.443 e. The van der Waals surface area contributed by atoms with Crippen LogP contribution >= 0.6 is 11.6 Å². The summed E-state index contributed by atoms with van der Waals surface area (Å²) < 4.78 is 12.4. The molecule has 8 heteroatoms. The number of hydrogen-bond donors (Lipinski definition) is 2. The van der Waals surface area contributed by atoms with E-state index in [4.69, 9.17) is 21.0 Å². The molecule has 0 radical (unpaired) electrons. The van der Waals surface area contributed by atoms with Crippen LogP contribution < -0.4 is 5.46 Å². The number of aromatic nitrogens is 1. The Morgan fingerprint density at radius 2 is 1.74 bits per heavy atom. The van der Waals surface area contributed by atoms with Crippen molar-refractivity contribution in [3.63, 3.8) is 0 Å². The summed E-state index contributed by atoms with van der Waals surface area (Å²) in [6.07, 6.45) is 0.844. The van der Waals surface area contributed by atoms with Crippen molar-refractivity contribution in [2.75, 3.05) is 0 Å². The number of fused-ring (bicyclic) bond motifs is 1. The van der Waals surface area contributed by atoms with E-state index in [-0.39, 0.29) is 0 Å². The molecule has 2 N–H and O–H groups in total. The second-order valence-electron chi connectivity index (χ2n) is 8.61. The van der Waals surface area contributed by atoms with Gasteiger partial charge < -0.3 is 19.5 Å². The monoisotopic (exact) mass is 395 g/mol. The third-order valence-corrected chi connectivity index (χ3v) is 4.85. The molecule has 0 saturated carbocycles. The van der Waals surface area contributed by atoms with Crippen molar-refractivity contribution < 1.29 is 24.3 Å². The lowest BCUT2D eigenvalue weighted by Gasteiger charge is -2.38. The van der Waals surface area contributed by atoms with Crippen LogP contribution in [0.25, 0.3) is 10.9 Å². The SMILES string of the molecule is CC(C)(C)OC(=O)n1cc(B(O)OC(C)(C)C(C)(C)O)c2cccc(Cl)c21. The van der Waals surface area contributed by atoms with Crippen molar-refractivity contribution in [1.82, 2.24) is 4.57 Å². The third-order valence-electron chi connectivity index (χ3n) is 4.54. The lowest BCUT2D eigenvalue weighted by Crippen LogP contribution is -2.53. The summed E-state index contributed by atoms with van der Waals surface area (Å²) in [5, 5.41) is 21.9. The molecule has 0 aliphatic heterocycles. The van der Waals surface area contributed by atoms with E-state index >= 15 is 0 Å². The van der Waals surface area contributed by atoms with Gasteiger partial charge in [-0.1, -0.05) is 23.7 Å². The van der Waals surface area contributed by atoms with E-state index in [0.29, 0.717) is 21.4 Å². The standard InChI is InChI=1S/C19H27BClNO5/c1-17(2,3)26-16(23)22-11-13(12-9-8-10-14(21)15(12)22)20(25)27-19(6,7)18(4,5)24/h8-11,24-25H,1-7H3. The van der Waals surface area contributed by atoms with Gasteiger partial charge in [0.25, 0.3) is 0 Å². The lowest BCUT2D eigenvalue weighted by molar-refractivity contribution is -0.0982. The summed E-state index contributed by atoms with van der Waals surface area (Å²) in [5.74, 6) is 0. The van der Waals surface area contributed by atoms with E-state index < -0.39 is 30.0 Å². The van der Waals surface area contributed by atoms with Crippen molar-refractivity contribution in [3.8, 4) is 0 Å². The Labute approximate surface area is 165 Å². The van der Waals surface area contributed by atoms with Gasteiger partial charge in [-0.2, -0.15) is 0 Å². The number of nitrogens with zero attached hydrogens (tertiary/aromatic N) is 1. The van der Waals surface area contributed by atoms with Crippen molar-refractivity contribution >= 4 is 41.2 Å². The Kier molecular flexibility index (Phi) is 5.75. The number of aliphatic hydroxyl groups is 1. The van der Waals surface area contributed by atoms with Crippen LogP contribution in [0.3, 0.4) is 0 Å². The molecule has 0 unspecified atom stereocenters. The molecular formula is C19H27BClNO5. The Hall–Kier alpha value is -1.54. The number of carbonyl (C=O) groups is 1. The average Bonchev–Trinajstić information content (AvgIpc) is 2.85. The molecule has 2 rings (SSSR count). The van der Waals surface area contributed by atoms with Gasteiger partial charge in [-0.15, -0.1) is 0 Å². The zero-order valence-electron chi connectivity index (χ0n) is 16.8. The van der Waals surface area contributed by atoms with Crippen LogP contribution in [-0.4, -0.2) is 44.7 Å². The van der Waals surface area contributed by atoms with Crippen molar-refractivity contribution in [2.45, 2.75) is 65.3 Å². The number of hydrogen-bond acceptors (Lipinski definition) is 5. The molecule has 0 bridgehead atoms. The third kappa shape index (κ3) is 4.66. The summed E-state index contributed by atoms with van der Waals surface area (Å²) in [4.78, 5) is 12.6. The highest BCUT2D eigenvalue weighted by molar-refractivity contribution is 6.63. The number of ether oxygens (including phenoxy) is 1. The first-order valence-electron chi connectivity index (χ1n) is 8.75. The van der Waals surface area contributed by atoms with Crippen LogP contribution in [0, 0.1) is 0 Å². The minimum atomic E-state index is -1.38. The molecule has 0 saturated heterocycles. The summed E-state index contributed by atoms with van der Waals surface area (Å²) >= 11 is 6.31. The second-order valence-corrected chi connectivity index (χ2v) is 9.02. The van der Waals surface area contributed by atoms with E-state index in [9.17, 15) is 14.9 Å². The normalized spacial score (nSPS) is 13.1. The minimum absolute atomic E-state index is 0.346. The Balaban J connectivity index is 2.53. The number of benzene rings is 1. The Morgan fingerprint density at radius 3 is 2.26 bits per heavy atom. The first kappa shape index (κ1) is 21.8. The van der Waals surface area contributed by atoms with Crippen molar-refractivity contribution in [3.05, 3.63) is 29.4 Å². The first-order valence-corrected chi connectivity index (χ1v) is 9.13. The highest BCUT2D eigenvalue weighted by Gasteiger charge is 2.40. The van der Waals surface area contributed by atoms with Crippen LogP contribution in [-0.2, 0) is 9.39 Å². The molecule has 148 valence electrons. The second kappa shape index (κ2) is 7.13. The molecule has 27 heavy (non-hydrogen) atoms. The topological polar surface area (TPSA) is 80.9 Å². The quantitative estimate of drug-likeness (QED) is 0.776. The van der Waals surface area contributed by atoms with E-state index in [1.807, 2.05) is 0 Å². The van der Waals surface area contributed by atoms with E-state index in [1.165, 1.54) is 10.8 Å². The predicted octanol–water partition coefficient (Wildman–Crippen LogP) is 3.33. The molecule has 0 spiro atoms. The highest BCUT2D eigenvalue weighted by Crippen LogP contribution is 2.28. The van der Waals surface area contributed by atoms with E-state index in [1.54, 1.807) is 66.7 Å². The first-order chi connectivity index (χ1) is 12.1. The molecule has 0 amide bonds. The maximum absolute atomic E-state index is 12.6. The van der Waals surface area contributed by atoms with Gasteiger partial charge in [-0.25, -0.2) is 4.79 Å². The average molecular weight is 396 g/mol. The van der Waals surface area contributed by atoms with Gasteiger partial charge in [0.1, 0.15) is 5.60 Å². The highest BCUT2D eigenvalue weighted by atomic mass is 35.5. The summed E-state index contributed by atoms with van der Waals surface area (Å²) in [6.45, 7) is 11.8. The van der Waals surface area contributed by atoms with Crippen LogP contribution in [0.5, 0.6) is 0 Å². The van der Waals surface area contributed by atoms with Gasteiger partial charge in [0.05, 0.1) is 21.7 Å². The zero-order valence-corrected chi connectivity index (χ0v) is 17.6. The van der Waals surface area contributed by atoms with Gasteiger partial charge in [-0.05, 0) is 54.5 Å². The molecule has 0 fully saturated rings. The van der Waals surface area contributed by atoms with Gasteiger partial charge in [0.2, 0.25) is 0 Å². The number of halogens is 1. The van der Waals surface area contributed by atoms with Gasteiger partial charge >= 0.3 is 13.2 Å². The van der Waals surface area contributed by atoms with Crippen molar-refractivity contribution in [2.24, 2.45) is 0 Å². The molecule has 0 aliphatic carbocycles. The summed E-state index contributed by atoms with van der Waals surface area (Å²) in [5.41, 5.74) is -2.16. The Bertz CT molecular complexity index is 848. The fourth-order valence-electron chi connectivity index (χ4n) is 2.40. The molecule has 1 aromatic carbocycles. The van der Waals surface area contributed by atoms with Gasteiger partial charge in [-0.3, -0.25) is 4.57 Å². The molecule has 2 aromatic rings. The Morgan fingerprint density at radius 1 is 1.15 bits per heavy atom. The maximum atomic E-state index is 12.6. The maximum Gasteiger partial charge on any atom is 0.493 e. The van der Waals surface area contributed by atoms with E-state index in [2.05, 4.69) is 0 Å². The molecule has 6 nitrogen and oxygen atoms in total. The minimum Gasteiger partial charge on any atom is -0.443 e. The largest absolute Gasteiger partial charge is 0.493 e. The fourth-order valence-corrected chi connectivity index (χ4v) is 2.67. The molecular weight excluding hydrogens is 368 g/mol. The van der Waals surface area contributed by atoms with E-state index in [0.717, 1.165) is 0 Å². The molecule has 0 atom stereocenters. The van der Waals surface area contributed by atoms with Crippen LogP contribution in [0.4, 0.5) is 4.79 Å². The summed E-state index contributed by atoms with van der Waals surface area (Å²) in [6, 6.07) is 5.12. The van der Waals surface area contributed by atoms with Crippen LogP contribution in [0.1, 0.15) is 48.5 Å². The molecule has 1 heterocycles. The summed E-state index contributed by atoms with van der Waals surface area (Å²) in [7, 11) is -1.38. The number of carbonyl (C=O) groups excluding carboxylic acids is 1. The lowest BCUT2D eigenvalue weighted by atomic mass is 9.76.